The van der Waals surface area contributed by atoms with Gasteiger partial charge in [-0.25, -0.2) is 4.98 Å². The van der Waals surface area contributed by atoms with Crippen LogP contribution in [0.2, 0.25) is 0 Å². The maximum Gasteiger partial charge on any atom is 0.405 e. The molecular formula is C8H10F3N3. The Labute approximate surface area is 79.1 Å². The van der Waals surface area contributed by atoms with E-state index in [1.807, 2.05) is 0 Å². The number of halogens is 3. The standard InChI is InChI=1S/C8H10F3N3/c1-5-2-6(12)7(13-3-5)14-4-8(9,10)11/h2-3H,4,12H2,1H3,(H,13,14). The molecule has 3 nitrogen and oxygen atoms in total. The molecule has 0 aromatic carbocycles. The number of aromatic nitrogens is 1. The van der Waals surface area contributed by atoms with E-state index in [4.69, 9.17) is 5.73 Å². The number of nitrogens with two attached hydrogens (primary N) is 1. The molecule has 0 fully saturated rings. The minimum atomic E-state index is -4.26. The largest absolute Gasteiger partial charge is 0.405 e. The lowest BCUT2D eigenvalue weighted by Crippen LogP contribution is -2.22. The van der Waals surface area contributed by atoms with Gasteiger partial charge >= 0.3 is 6.18 Å². The molecule has 14 heavy (non-hydrogen) atoms. The van der Waals surface area contributed by atoms with E-state index in [2.05, 4.69) is 10.3 Å². The van der Waals surface area contributed by atoms with Crippen LogP contribution in [0.5, 0.6) is 0 Å². The van der Waals surface area contributed by atoms with Crippen LogP contribution in [0.4, 0.5) is 24.7 Å². The van der Waals surface area contributed by atoms with Crippen LogP contribution in [-0.4, -0.2) is 17.7 Å². The number of nitrogen functional groups attached to an aromatic ring is 1. The number of rotatable bonds is 2. The molecule has 78 valence electrons. The predicted octanol–water partition coefficient (Wildman–Crippen LogP) is 1.95. The van der Waals surface area contributed by atoms with Gasteiger partial charge in [0.1, 0.15) is 12.4 Å². The summed E-state index contributed by atoms with van der Waals surface area (Å²) in [6.07, 6.45) is -2.81. The van der Waals surface area contributed by atoms with Gasteiger partial charge in [0.25, 0.3) is 0 Å². The third-order valence-corrected chi connectivity index (χ3v) is 1.51. The summed E-state index contributed by atoms with van der Waals surface area (Å²) in [6.45, 7) is 0.629. The smallest absolute Gasteiger partial charge is 0.396 e. The third kappa shape index (κ3) is 3.12. The summed E-state index contributed by atoms with van der Waals surface area (Å²) >= 11 is 0. The minimum absolute atomic E-state index is 0.0629. The van der Waals surface area contributed by atoms with Gasteiger partial charge in [-0.05, 0) is 18.6 Å². The zero-order chi connectivity index (χ0) is 10.8. The van der Waals surface area contributed by atoms with Crippen molar-refractivity contribution < 1.29 is 13.2 Å². The van der Waals surface area contributed by atoms with Crippen LogP contribution in [0.15, 0.2) is 12.3 Å². The molecule has 6 heteroatoms. The maximum absolute atomic E-state index is 11.8. The minimum Gasteiger partial charge on any atom is -0.396 e. The molecule has 0 radical (unpaired) electrons. The number of nitrogens with one attached hydrogen (secondary N) is 1. The Morgan fingerprint density at radius 3 is 2.64 bits per heavy atom. The molecular weight excluding hydrogens is 195 g/mol. The summed E-state index contributed by atoms with van der Waals surface area (Å²) in [6, 6.07) is 1.56. The van der Waals surface area contributed by atoms with Crippen molar-refractivity contribution in [3.63, 3.8) is 0 Å². The molecule has 0 atom stereocenters. The molecule has 0 aliphatic rings. The molecule has 3 N–H and O–H groups in total. The molecule has 0 aliphatic carbocycles. The van der Waals surface area contributed by atoms with Gasteiger partial charge in [-0.15, -0.1) is 0 Å². The summed E-state index contributed by atoms with van der Waals surface area (Å²) in [4.78, 5) is 3.74. The van der Waals surface area contributed by atoms with Crippen molar-refractivity contribution in [3.05, 3.63) is 17.8 Å². The Hall–Kier alpha value is -1.46. The van der Waals surface area contributed by atoms with E-state index in [0.29, 0.717) is 0 Å². The van der Waals surface area contributed by atoms with Crippen molar-refractivity contribution in [1.29, 1.82) is 0 Å². The lowest BCUT2D eigenvalue weighted by atomic mass is 10.3. The van der Waals surface area contributed by atoms with Gasteiger partial charge in [0, 0.05) is 6.20 Å². The number of hydrogen-bond acceptors (Lipinski definition) is 3. The first kappa shape index (κ1) is 10.6. The van der Waals surface area contributed by atoms with Crippen LogP contribution in [0.25, 0.3) is 0 Å². The molecule has 0 bridgehead atoms. The molecule has 0 saturated heterocycles. The highest BCUT2D eigenvalue weighted by atomic mass is 19.4. The fraction of sp³-hybridized carbons (Fsp3) is 0.375. The zero-order valence-corrected chi connectivity index (χ0v) is 7.52. The van der Waals surface area contributed by atoms with Crippen molar-refractivity contribution in [3.8, 4) is 0 Å². The monoisotopic (exact) mass is 205 g/mol. The van der Waals surface area contributed by atoms with Gasteiger partial charge in [0.2, 0.25) is 0 Å². The Morgan fingerprint density at radius 2 is 2.14 bits per heavy atom. The van der Waals surface area contributed by atoms with Gasteiger partial charge in [-0.3, -0.25) is 0 Å². The lowest BCUT2D eigenvalue weighted by Gasteiger charge is -2.10. The summed E-state index contributed by atoms with van der Waals surface area (Å²) < 4.78 is 35.5. The Kier molecular flexibility index (Phi) is 2.83. The number of pyridine rings is 1. The molecule has 1 heterocycles. The first-order chi connectivity index (χ1) is 6.38. The predicted molar refractivity (Wildman–Crippen MR) is 47.9 cm³/mol. The first-order valence-corrected chi connectivity index (χ1v) is 3.91. The molecule has 0 aliphatic heterocycles. The SMILES string of the molecule is Cc1cnc(NCC(F)(F)F)c(N)c1. The highest BCUT2D eigenvalue weighted by Crippen LogP contribution is 2.19. The Morgan fingerprint density at radius 1 is 1.50 bits per heavy atom. The lowest BCUT2D eigenvalue weighted by molar-refractivity contribution is -0.115. The van der Waals surface area contributed by atoms with E-state index < -0.39 is 12.7 Å². The van der Waals surface area contributed by atoms with E-state index in [1.54, 1.807) is 13.0 Å². The number of alkyl halides is 3. The fourth-order valence-electron chi connectivity index (χ4n) is 0.923. The van der Waals surface area contributed by atoms with Crippen LogP contribution < -0.4 is 11.1 Å². The van der Waals surface area contributed by atoms with Gasteiger partial charge in [-0.2, -0.15) is 13.2 Å². The normalized spacial score (nSPS) is 11.4. The second kappa shape index (κ2) is 3.73. The van der Waals surface area contributed by atoms with Gasteiger partial charge in [-0.1, -0.05) is 0 Å². The number of hydrogen-bond donors (Lipinski definition) is 2. The second-order valence-electron chi connectivity index (χ2n) is 2.92. The van der Waals surface area contributed by atoms with Crippen LogP contribution in [-0.2, 0) is 0 Å². The number of aryl methyl sites for hydroxylation is 1. The molecule has 0 unspecified atom stereocenters. The van der Waals surface area contributed by atoms with Crippen LogP contribution in [0, 0.1) is 6.92 Å². The summed E-state index contributed by atoms with van der Waals surface area (Å²) in [5.74, 6) is 0.0629. The van der Waals surface area contributed by atoms with E-state index in [1.165, 1.54) is 6.20 Å². The molecule has 0 amide bonds. The highest BCUT2D eigenvalue weighted by Gasteiger charge is 2.27. The van der Waals surface area contributed by atoms with Crippen molar-refractivity contribution in [2.75, 3.05) is 17.6 Å². The molecule has 1 aromatic heterocycles. The van der Waals surface area contributed by atoms with E-state index in [-0.39, 0.29) is 11.5 Å². The van der Waals surface area contributed by atoms with Crippen molar-refractivity contribution in [2.45, 2.75) is 13.1 Å². The van der Waals surface area contributed by atoms with Crippen LogP contribution in [0.1, 0.15) is 5.56 Å². The van der Waals surface area contributed by atoms with E-state index in [9.17, 15) is 13.2 Å². The Balaban J connectivity index is 2.68. The number of anilines is 2. The van der Waals surface area contributed by atoms with Crippen LogP contribution in [0.3, 0.4) is 0 Å². The summed E-state index contributed by atoms with van der Waals surface area (Å²) in [5, 5.41) is 2.12. The third-order valence-electron chi connectivity index (χ3n) is 1.51. The molecule has 1 aromatic rings. The maximum atomic E-state index is 11.8. The van der Waals surface area contributed by atoms with E-state index in [0.717, 1.165) is 5.56 Å². The summed E-state index contributed by atoms with van der Waals surface area (Å²) in [7, 11) is 0. The molecule has 0 saturated carbocycles. The second-order valence-corrected chi connectivity index (χ2v) is 2.92. The van der Waals surface area contributed by atoms with Crippen molar-refractivity contribution >= 4 is 11.5 Å². The van der Waals surface area contributed by atoms with Gasteiger partial charge < -0.3 is 11.1 Å². The average Bonchev–Trinajstić information content (AvgIpc) is 2.00. The topological polar surface area (TPSA) is 50.9 Å². The van der Waals surface area contributed by atoms with Gasteiger partial charge in [0.15, 0.2) is 0 Å². The molecule has 1 rings (SSSR count). The zero-order valence-electron chi connectivity index (χ0n) is 7.52. The quantitative estimate of drug-likeness (QED) is 0.775. The van der Waals surface area contributed by atoms with E-state index >= 15 is 0 Å². The van der Waals surface area contributed by atoms with Crippen molar-refractivity contribution in [1.82, 2.24) is 4.98 Å². The van der Waals surface area contributed by atoms with Gasteiger partial charge in [0.05, 0.1) is 5.69 Å². The summed E-state index contributed by atoms with van der Waals surface area (Å²) in [5.41, 5.74) is 6.48. The molecule has 0 spiro atoms. The van der Waals surface area contributed by atoms with Crippen molar-refractivity contribution in [2.24, 2.45) is 0 Å². The average molecular weight is 205 g/mol. The Bertz CT molecular complexity index is 322. The van der Waals surface area contributed by atoms with Crippen LogP contribution >= 0.6 is 0 Å². The highest BCUT2D eigenvalue weighted by molar-refractivity contribution is 5.61. The fourth-order valence-corrected chi connectivity index (χ4v) is 0.923. The number of nitrogens with zero attached hydrogens (tertiary/aromatic N) is 1. The first-order valence-electron chi connectivity index (χ1n) is 3.91.